The molecule has 2 fully saturated rings. The van der Waals surface area contributed by atoms with Gasteiger partial charge in [0, 0.05) is 44.1 Å². The SMILES string of the molecule is C[C@@]1(F)CC1C(=O)N1CCC(n2cc3c(n2)C(=O)NCCCCCCn2cc(cn2)-c2cccc(n2)C(=O)N3)CC1. The number of aromatic nitrogens is 5. The zero-order valence-electron chi connectivity index (χ0n) is 23.2. The van der Waals surface area contributed by atoms with Gasteiger partial charge in [0.2, 0.25) is 5.91 Å². The number of likely N-dealkylation sites (tertiary alicyclic amines) is 1. The number of nitrogens with zero attached hydrogens (tertiary/aromatic N) is 6. The number of aryl methyl sites for hydroxylation is 1. The molecule has 12 heteroatoms. The van der Waals surface area contributed by atoms with Gasteiger partial charge in [0.25, 0.3) is 11.8 Å². The molecule has 4 bridgehead atoms. The highest BCUT2D eigenvalue weighted by Gasteiger charge is 2.57. The summed E-state index contributed by atoms with van der Waals surface area (Å²) in [6, 6.07) is 5.17. The van der Waals surface area contributed by atoms with Crippen LogP contribution in [0.4, 0.5) is 10.1 Å². The molecule has 2 aliphatic heterocycles. The van der Waals surface area contributed by atoms with Crippen molar-refractivity contribution in [3.05, 3.63) is 48.2 Å². The lowest BCUT2D eigenvalue weighted by molar-refractivity contribution is -0.134. The molecule has 1 aliphatic carbocycles. The Hall–Kier alpha value is -4.09. The molecule has 0 spiro atoms. The van der Waals surface area contributed by atoms with E-state index in [4.69, 9.17) is 0 Å². The minimum Gasteiger partial charge on any atom is -0.351 e. The zero-order valence-corrected chi connectivity index (χ0v) is 23.2. The topological polar surface area (TPSA) is 127 Å². The van der Waals surface area contributed by atoms with Crippen LogP contribution < -0.4 is 10.6 Å². The molecule has 3 aliphatic rings. The number of rotatable bonds is 2. The molecule has 216 valence electrons. The maximum Gasteiger partial charge on any atom is 0.274 e. The fourth-order valence-corrected chi connectivity index (χ4v) is 5.66. The molecule has 1 unspecified atom stereocenters. The van der Waals surface area contributed by atoms with Crippen LogP contribution >= 0.6 is 0 Å². The lowest BCUT2D eigenvalue weighted by atomic mass is 10.0. The van der Waals surface area contributed by atoms with Crippen molar-refractivity contribution >= 4 is 23.4 Å². The van der Waals surface area contributed by atoms with Crippen molar-refractivity contribution in [1.82, 2.24) is 34.8 Å². The van der Waals surface area contributed by atoms with E-state index in [0.29, 0.717) is 43.9 Å². The summed E-state index contributed by atoms with van der Waals surface area (Å²) in [4.78, 5) is 45.4. The van der Waals surface area contributed by atoms with Crippen LogP contribution in [0.3, 0.4) is 0 Å². The Bertz CT molecular complexity index is 1460. The zero-order chi connectivity index (χ0) is 28.6. The highest BCUT2D eigenvalue weighted by molar-refractivity contribution is 6.07. The van der Waals surface area contributed by atoms with Gasteiger partial charge in [-0.3, -0.25) is 23.7 Å². The number of hydrogen-bond acceptors (Lipinski definition) is 6. The number of anilines is 1. The van der Waals surface area contributed by atoms with Crippen molar-refractivity contribution in [2.75, 3.05) is 25.0 Å². The third kappa shape index (κ3) is 5.86. The Labute approximate surface area is 237 Å². The maximum absolute atomic E-state index is 14.1. The predicted octanol–water partition coefficient (Wildman–Crippen LogP) is 3.61. The van der Waals surface area contributed by atoms with Crippen molar-refractivity contribution in [1.29, 1.82) is 0 Å². The van der Waals surface area contributed by atoms with E-state index in [2.05, 4.69) is 25.8 Å². The highest BCUT2D eigenvalue weighted by Crippen LogP contribution is 2.48. The Kier molecular flexibility index (Phi) is 7.31. The summed E-state index contributed by atoms with van der Waals surface area (Å²) in [6.07, 6.45) is 10.7. The molecule has 5 heterocycles. The van der Waals surface area contributed by atoms with Crippen molar-refractivity contribution < 1.29 is 18.8 Å². The summed E-state index contributed by atoms with van der Waals surface area (Å²) in [5, 5.41) is 14.8. The summed E-state index contributed by atoms with van der Waals surface area (Å²) in [5.74, 6) is -1.47. The Morgan fingerprint density at radius 2 is 1.78 bits per heavy atom. The molecule has 3 amide bonds. The second-order valence-electron chi connectivity index (χ2n) is 11.5. The predicted molar refractivity (Wildman–Crippen MR) is 149 cm³/mol. The van der Waals surface area contributed by atoms with Gasteiger partial charge in [0.15, 0.2) is 5.69 Å². The van der Waals surface area contributed by atoms with Crippen LogP contribution in [0, 0.1) is 5.92 Å². The monoisotopic (exact) mass is 562 g/mol. The first-order chi connectivity index (χ1) is 19.8. The summed E-state index contributed by atoms with van der Waals surface area (Å²) < 4.78 is 17.7. The summed E-state index contributed by atoms with van der Waals surface area (Å²) in [5.41, 5.74) is 0.732. The van der Waals surface area contributed by atoms with Crippen LogP contribution in [-0.4, -0.2) is 72.5 Å². The number of pyridine rings is 1. The van der Waals surface area contributed by atoms with Crippen molar-refractivity contribution in [3.8, 4) is 11.3 Å². The fourth-order valence-electron chi connectivity index (χ4n) is 5.66. The van der Waals surface area contributed by atoms with E-state index in [9.17, 15) is 18.8 Å². The van der Waals surface area contributed by atoms with Crippen LogP contribution in [-0.2, 0) is 11.3 Å². The van der Waals surface area contributed by atoms with Gasteiger partial charge in [-0.05, 0) is 51.2 Å². The maximum atomic E-state index is 14.1. The molecule has 41 heavy (non-hydrogen) atoms. The smallest absolute Gasteiger partial charge is 0.274 e. The largest absolute Gasteiger partial charge is 0.351 e. The minimum atomic E-state index is -1.39. The number of halogens is 1. The Balaban J connectivity index is 1.22. The van der Waals surface area contributed by atoms with Gasteiger partial charge in [-0.2, -0.15) is 10.2 Å². The molecule has 2 atom stereocenters. The average Bonchev–Trinajstić information content (AvgIpc) is 3.29. The normalized spacial score (nSPS) is 24.0. The summed E-state index contributed by atoms with van der Waals surface area (Å²) in [7, 11) is 0. The third-order valence-corrected chi connectivity index (χ3v) is 8.32. The van der Waals surface area contributed by atoms with Crippen LogP contribution in [0.15, 0.2) is 36.8 Å². The molecule has 11 nitrogen and oxygen atoms in total. The van der Waals surface area contributed by atoms with E-state index in [-0.39, 0.29) is 35.7 Å². The average molecular weight is 563 g/mol. The third-order valence-electron chi connectivity index (χ3n) is 8.32. The van der Waals surface area contributed by atoms with E-state index in [1.165, 1.54) is 6.92 Å². The lowest BCUT2D eigenvalue weighted by Gasteiger charge is -2.32. The number of nitrogens with one attached hydrogen (secondary N) is 2. The number of carbonyl (C=O) groups is 3. The molecule has 0 radical (unpaired) electrons. The number of fused-ring (bicyclic) bond motifs is 6. The van der Waals surface area contributed by atoms with Crippen LogP contribution in [0.2, 0.25) is 0 Å². The first-order valence-corrected chi connectivity index (χ1v) is 14.4. The van der Waals surface area contributed by atoms with E-state index >= 15 is 0 Å². The van der Waals surface area contributed by atoms with E-state index in [1.54, 1.807) is 34.1 Å². The van der Waals surface area contributed by atoms with Gasteiger partial charge in [-0.15, -0.1) is 0 Å². The molecule has 0 aromatic carbocycles. The van der Waals surface area contributed by atoms with Crippen LogP contribution in [0.1, 0.15) is 78.9 Å². The molecule has 1 saturated carbocycles. The molecule has 2 N–H and O–H groups in total. The number of alkyl halides is 1. The van der Waals surface area contributed by atoms with Gasteiger partial charge in [0.1, 0.15) is 11.4 Å². The first-order valence-electron chi connectivity index (χ1n) is 14.4. The lowest BCUT2D eigenvalue weighted by Crippen LogP contribution is -2.40. The van der Waals surface area contributed by atoms with Gasteiger partial charge in [-0.1, -0.05) is 18.9 Å². The van der Waals surface area contributed by atoms with Crippen molar-refractivity contribution in [3.63, 3.8) is 0 Å². The molecular formula is C29H35FN8O3. The Morgan fingerprint density at radius 3 is 2.56 bits per heavy atom. The van der Waals surface area contributed by atoms with Crippen LogP contribution in [0.25, 0.3) is 11.3 Å². The minimum absolute atomic E-state index is 0.0631. The molecule has 6 rings (SSSR count). The number of amides is 3. The number of piperidine rings is 1. The van der Waals surface area contributed by atoms with Gasteiger partial charge >= 0.3 is 0 Å². The molecular weight excluding hydrogens is 527 g/mol. The Morgan fingerprint density at radius 1 is 1.02 bits per heavy atom. The van der Waals surface area contributed by atoms with Crippen molar-refractivity contribution in [2.45, 2.75) is 70.1 Å². The first kappa shape index (κ1) is 27.1. The summed E-state index contributed by atoms with van der Waals surface area (Å²) in [6.45, 7) is 3.75. The van der Waals surface area contributed by atoms with E-state index < -0.39 is 17.5 Å². The van der Waals surface area contributed by atoms with Gasteiger partial charge < -0.3 is 15.5 Å². The highest BCUT2D eigenvalue weighted by atomic mass is 19.1. The number of carbonyl (C=O) groups excluding carboxylic acids is 3. The van der Waals surface area contributed by atoms with Gasteiger partial charge in [0.05, 0.1) is 29.5 Å². The second kappa shape index (κ2) is 11.1. The molecule has 3 aromatic rings. The van der Waals surface area contributed by atoms with E-state index in [1.807, 2.05) is 16.9 Å². The summed E-state index contributed by atoms with van der Waals surface area (Å²) >= 11 is 0. The quantitative estimate of drug-likeness (QED) is 0.491. The van der Waals surface area contributed by atoms with Crippen molar-refractivity contribution in [2.24, 2.45) is 5.92 Å². The molecule has 1 saturated heterocycles. The second-order valence-corrected chi connectivity index (χ2v) is 11.5. The molecule has 3 aromatic heterocycles. The standard InChI is InChI=1S/C29H35FN8O3/c1-29(30)15-21(29)28(41)36-13-9-20(10-14-36)38-18-24-25(35-38)27(40)31-11-4-2-3-5-12-37-17-19(16-32-37)22-7-6-8-23(33-22)26(39)34-24/h6-8,16-18,20-21H,2-5,9-15H2,1H3,(H,31,40)(H,34,39)/t21?,29-/m1/s1. The van der Waals surface area contributed by atoms with Crippen LogP contribution in [0.5, 0.6) is 0 Å². The van der Waals surface area contributed by atoms with E-state index in [0.717, 1.165) is 37.8 Å². The fraction of sp³-hybridized carbons (Fsp3) is 0.517. The van der Waals surface area contributed by atoms with Gasteiger partial charge in [-0.25, -0.2) is 9.37 Å². The number of hydrogen-bond donors (Lipinski definition) is 2.